The lowest BCUT2D eigenvalue weighted by molar-refractivity contribution is -0.161. The van der Waals surface area contributed by atoms with Crippen LogP contribution in [0.15, 0.2) is 0 Å². The topological polar surface area (TPSA) is 237 Å². The maximum absolute atomic E-state index is 13.1. The number of carbonyl (C=O) groups is 4. The molecule has 588 valence electrons. The van der Waals surface area contributed by atoms with Crippen LogP contribution in [0, 0.1) is 11.8 Å². The molecular formula is C80H156O17P2. The molecule has 17 nitrogen and oxygen atoms in total. The highest BCUT2D eigenvalue weighted by molar-refractivity contribution is 7.47. The van der Waals surface area contributed by atoms with Gasteiger partial charge in [0.1, 0.15) is 19.3 Å². The Labute approximate surface area is 607 Å². The Morgan fingerprint density at radius 3 is 0.768 bits per heavy atom. The predicted octanol–water partition coefficient (Wildman–Crippen LogP) is 23.9. The molecule has 0 aromatic carbocycles. The number of esters is 4. The van der Waals surface area contributed by atoms with Gasteiger partial charge in [0.15, 0.2) is 12.2 Å². The van der Waals surface area contributed by atoms with Gasteiger partial charge in [0.25, 0.3) is 0 Å². The summed E-state index contributed by atoms with van der Waals surface area (Å²) >= 11 is 0. The third-order valence-electron chi connectivity index (χ3n) is 19.1. The first-order valence-electron chi connectivity index (χ1n) is 41.5. The van der Waals surface area contributed by atoms with Crippen LogP contribution < -0.4 is 0 Å². The molecule has 3 N–H and O–H groups in total. The van der Waals surface area contributed by atoms with E-state index in [9.17, 15) is 43.2 Å². The maximum atomic E-state index is 13.1. The molecule has 0 heterocycles. The zero-order valence-corrected chi connectivity index (χ0v) is 66.6. The molecule has 6 atom stereocenters. The van der Waals surface area contributed by atoms with Crippen molar-refractivity contribution < 1.29 is 80.2 Å². The van der Waals surface area contributed by atoms with Crippen molar-refractivity contribution in [1.82, 2.24) is 0 Å². The summed E-state index contributed by atoms with van der Waals surface area (Å²) in [5, 5.41) is 10.6. The minimum atomic E-state index is -4.96. The second-order valence-electron chi connectivity index (χ2n) is 29.5. The van der Waals surface area contributed by atoms with E-state index in [0.717, 1.165) is 102 Å². The predicted molar refractivity (Wildman–Crippen MR) is 405 cm³/mol. The van der Waals surface area contributed by atoms with Crippen molar-refractivity contribution >= 4 is 39.5 Å². The molecule has 0 aromatic heterocycles. The molecule has 0 aliphatic carbocycles. The number of phosphoric acid groups is 2. The van der Waals surface area contributed by atoms with Crippen LogP contribution in [0.4, 0.5) is 0 Å². The fourth-order valence-electron chi connectivity index (χ4n) is 12.3. The third kappa shape index (κ3) is 72.8. The molecule has 19 heteroatoms. The molecule has 0 radical (unpaired) electrons. The lowest BCUT2D eigenvalue weighted by Gasteiger charge is -2.21. The Kier molecular flexibility index (Phi) is 70.3. The van der Waals surface area contributed by atoms with E-state index in [4.69, 9.17) is 37.0 Å². The molecule has 99 heavy (non-hydrogen) atoms. The minimum absolute atomic E-state index is 0.107. The van der Waals surface area contributed by atoms with Gasteiger partial charge in [-0.2, -0.15) is 0 Å². The van der Waals surface area contributed by atoms with Gasteiger partial charge < -0.3 is 33.8 Å². The highest BCUT2D eigenvalue weighted by atomic mass is 31.2. The van der Waals surface area contributed by atoms with E-state index in [-0.39, 0.29) is 25.7 Å². The molecule has 3 unspecified atom stereocenters. The molecule has 0 saturated carbocycles. The molecule has 0 aliphatic rings. The number of phosphoric ester groups is 2. The Morgan fingerprint density at radius 2 is 0.515 bits per heavy atom. The van der Waals surface area contributed by atoms with E-state index in [0.29, 0.717) is 25.7 Å². The van der Waals surface area contributed by atoms with Crippen LogP contribution in [0.25, 0.3) is 0 Å². The zero-order chi connectivity index (χ0) is 72.8. The Balaban J connectivity index is 5.23. The van der Waals surface area contributed by atoms with E-state index in [1.165, 1.54) is 238 Å². The first-order valence-corrected chi connectivity index (χ1v) is 44.5. The molecule has 0 aromatic rings. The summed E-state index contributed by atoms with van der Waals surface area (Å²) in [6.45, 7) is 9.67. The van der Waals surface area contributed by atoms with Crippen LogP contribution in [0.1, 0.15) is 420 Å². The van der Waals surface area contributed by atoms with Gasteiger partial charge in [0.05, 0.1) is 26.4 Å². The fraction of sp³-hybridized carbons (Fsp3) is 0.950. The van der Waals surface area contributed by atoms with Crippen LogP contribution in [0.5, 0.6) is 0 Å². The summed E-state index contributed by atoms with van der Waals surface area (Å²) in [5.41, 5.74) is 0. The first kappa shape index (κ1) is 97.1. The summed E-state index contributed by atoms with van der Waals surface area (Å²) in [7, 11) is -9.92. The van der Waals surface area contributed by atoms with E-state index in [1.54, 1.807) is 0 Å². The van der Waals surface area contributed by atoms with Gasteiger partial charge in [0.2, 0.25) is 0 Å². The summed E-state index contributed by atoms with van der Waals surface area (Å²) in [5.74, 6) is -0.499. The van der Waals surface area contributed by atoms with Gasteiger partial charge in [-0.05, 0) is 37.5 Å². The smallest absolute Gasteiger partial charge is 0.462 e. The largest absolute Gasteiger partial charge is 0.472 e. The van der Waals surface area contributed by atoms with Gasteiger partial charge in [0, 0.05) is 25.7 Å². The second-order valence-corrected chi connectivity index (χ2v) is 32.4. The molecule has 0 fully saturated rings. The van der Waals surface area contributed by atoms with Crippen LogP contribution in [0.2, 0.25) is 0 Å². The van der Waals surface area contributed by atoms with E-state index >= 15 is 0 Å². The van der Waals surface area contributed by atoms with Gasteiger partial charge in [-0.25, -0.2) is 9.13 Å². The number of aliphatic hydroxyl groups is 1. The molecule has 0 aliphatic heterocycles. The van der Waals surface area contributed by atoms with Crippen molar-refractivity contribution in [2.45, 2.75) is 439 Å². The van der Waals surface area contributed by atoms with Crippen molar-refractivity contribution in [3.63, 3.8) is 0 Å². The van der Waals surface area contributed by atoms with E-state index < -0.39 is 97.5 Å². The number of hydrogen-bond acceptors (Lipinski definition) is 15. The summed E-state index contributed by atoms with van der Waals surface area (Å²) < 4.78 is 68.7. The normalized spacial score (nSPS) is 14.2. The fourth-order valence-corrected chi connectivity index (χ4v) is 13.9. The van der Waals surface area contributed by atoms with Gasteiger partial charge in [-0.3, -0.25) is 37.3 Å². The Hall–Kier alpha value is -1.94. The zero-order valence-electron chi connectivity index (χ0n) is 64.8. The lowest BCUT2D eigenvalue weighted by atomic mass is 9.99. The number of rotatable bonds is 79. The van der Waals surface area contributed by atoms with Crippen molar-refractivity contribution in [3.8, 4) is 0 Å². The van der Waals surface area contributed by atoms with Crippen molar-refractivity contribution in [2.75, 3.05) is 39.6 Å². The first-order chi connectivity index (χ1) is 47.9. The molecule has 0 spiro atoms. The van der Waals surface area contributed by atoms with E-state index in [1.807, 2.05) is 0 Å². The van der Waals surface area contributed by atoms with Crippen LogP contribution in [-0.2, 0) is 65.4 Å². The monoisotopic (exact) mass is 1450 g/mol. The molecule has 0 rings (SSSR count). The quantitative estimate of drug-likeness (QED) is 0.0222. The van der Waals surface area contributed by atoms with E-state index in [2.05, 4.69) is 41.5 Å². The average Bonchev–Trinajstić information content (AvgIpc) is 1.04. The van der Waals surface area contributed by atoms with Gasteiger partial charge in [-0.1, -0.05) is 369 Å². The molecular weight excluding hydrogens is 1290 g/mol. The van der Waals surface area contributed by atoms with Gasteiger partial charge >= 0.3 is 39.5 Å². The van der Waals surface area contributed by atoms with Gasteiger partial charge in [-0.15, -0.1) is 0 Å². The number of hydrogen-bond donors (Lipinski definition) is 3. The van der Waals surface area contributed by atoms with Crippen molar-refractivity contribution in [2.24, 2.45) is 11.8 Å². The van der Waals surface area contributed by atoms with Crippen LogP contribution in [0.3, 0.4) is 0 Å². The minimum Gasteiger partial charge on any atom is -0.462 e. The van der Waals surface area contributed by atoms with Crippen LogP contribution >= 0.6 is 15.6 Å². The number of ether oxygens (including phenoxy) is 4. The highest BCUT2D eigenvalue weighted by Gasteiger charge is 2.30. The maximum Gasteiger partial charge on any atom is 0.472 e. The number of aliphatic hydroxyl groups excluding tert-OH is 1. The Bertz CT molecular complexity index is 1910. The second kappa shape index (κ2) is 71.7. The summed E-state index contributed by atoms with van der Waals surface area (Å²) in [4.78, 5) is 72.9. The standard InChI is InChI=1S/C80H156O17P2/c1-7-10-12-14-16-18-19-20-21-22-23-24-28-33-39-45-51-57-63-78(83)91-69-76(97-79(84)64-58-52-46-40-34-29-26-25-27-32-38-43-49-55-61-73(6)9-3)71-95-99(88,89)93-67-74(81)66-92-98(86,87)94-70-75(68-90-77(82)62-56-50-44-36-17-15-13-11-8-2)96-80(85)65-59-53-47-41-35-30-31-37-42-48-54-60-72(4)5/h72-76,81H,7-71H2,1-6H3,(H,86,87)(H,88,89)/t73?,74-,75+,76+/m0/s1. The molecule has 0 amide bonds. The summed E-state index contributed by atoms with van der Waals surface area (Å²) in [6, 6.07) is 0. The SMILES string of the molecule is CCCCCCCCCCCCCCCCCCCCC(=O)OC[C@H](COP(=O)(O)OC[C@@H](O)COP(=O)(O)OC[C@@H](COC(=O)CCCCCCCCCCC)OC(=O)CCCCCCCCCCCCCC(C)C)OC(=O)CCCCCCCCCCCCCCCCC(C)CC. The van der Waals surface area contributed by atoms with Crippen molar-refractivity contribution in [1.29, 1.82) is 0 Å². The number of unbranched alkanes of at least 4 members (excludes halogenated alkanes) is 48. The summed E-state index contributed by atoms with van der Waals surface area (Å²) in [6.07, 6.45) is 61.0. The van der Waals surface area contributed by atoms with Crippen LogP contribution in [-0.4, -0.2) is 96.7 Å². The number of carbonyl (C=O) groups excluding carboxylic acids is 4. The Morgan fingerprint density at radius 1 is 0.293 bits per heavy atom. The van der Waals surface area contributed by atoms with Crippen molar-refractivity contribution in [3.05, 3.63) is 0 Å². The third-order valence-corrected chi connectivity index (χ3v) is 21.0. The molecule has 0 bridgehead atoms. The highest BCUT2D eigenvalue weighted by Crippen LogP contribution is 2.45. The molecule has 0 saturated heterocycles. The lowest BCUT2D eigenvalue weighted by Crippen LogP contribution is -2.30. The average molecular weight is 1450 g/mol.